The van der Waals surface area contributed by atoms with Gasteiger partial charge in [0.05, 0.1) is 11.5 Å². The number of terminal acetylenes is 1. The molecule has 0 fully saturated rings. The first-order valence-corrected chi connectivity index (χ1v) is 4.60. The summed E-state index contributed by atoms with van der Waals surface area (Å²) in [6, 6.07) is 2.70. The van der Waals surface area contributed by atoms with Crippen LogP contribution in [0.25, 0.3) is 0 Å². The van der Waals surface area contributed by atoms with E-state index in [0.29, 0.717) is 0 Å². The lowest BCUT2D eigenvalue weighted by atomic mass is 10.1. The van der Waals surface area contributed by atoms with Gasteiger partial charge in [-0.25, -0.2) is 4.39 Å². The molecule has 0 unspecified atom stereocenters. The maximum Gasteiger partial charge on any atom is 0.282 e. The van der Waals surface area contributed by atoms with Crippen molar-refractivity contribution in [2.75, 3.05) is 13.6 Å². The first-order valence-electron chi connectivity index (χ1n) is 4.60. The smallest absolute Gasteiger partial charge is 0.282 e. The second-order valence-electron chi connectivity index (χ2n) is 3.28. The third-order valence-corrected chi connectivity index (χ3v) is 2.06. The van der Waals surface area contributed by atoms with Gasteiger partial charge in [-0.2, -0.15) is 0 Å². The van der Waals surface area contributed by atoms with Crippen LogP contribution in [0.4, 0.5) is 10.1 Å². The Morgan fingerprint density at radius 1 is 1.65 bits per heavy atom. The van der Waals surface area contributed by atoms with E-state index in [1.807, 2.05) is 0 Å². The minimum atomic E-state index is -0.740. The molecule has 0 spiro atoms. The normalized spacial score (nSPS) is 9.47. The number of hydrogen-bond donors (Lipinski definition) is 0. The van der Waals surface area contributed by atoms with Crippen LogP contribution < -0.4 is 0 Å². The molecule has 0 heterocycles. The molecule has 1 aromatic carbocycles. The monoisotopic (exact) mass is 236 g/mol. The van der Waals surface area contributed by atoms with Crippen LogP contribution in [0.1, 0.15) is 10.4 Å². The minimum Gasteiger partial charge on any atom is -0.330 e. The summed E-state index contributed by atoms with van der Waals surface area (Å²) in [5, 5.41) is 10.7. The molecule has 0 atom stereocenters. The van der Waals surface area contributed by atoms with Crippen LogP contribution in [0.5, 0.6) is 0 Å². The first kappa shape index (κ1) is 12.6. The van der Waals surface area contributed by atoms with E-state index in [9.17, 15) is 19.3 Å². The third kappa shape index (κ3) is 2.78. The molecule has 0 aliphatic carbocycles. The van der Waals surface area contributed by atoms with Crippen LogP contribution in [0, 0.1) is 28.3 Å². The van der Waals surface area contributed by atoms with Gasteiger partial charge in [0.1, 0.15) is 11.4 Å². The van der Waals surface area contributed by atoms with E-state index < -0.39 is 22.3 Å². The first-order chi connectivity index (χ1) is 7.97. The Labute approximate surface area is 97.0 Å². The molecule has 0 bridgehead atoms. The number of rotatable bonds is 3. The van der Waals surface area contributed by atoms with Crippen molar-refractivity contribution in [1.82, 2.24) is 4.90 Å². The molecule has 0 aliphatic heterocycles. The van der Waals surface area contributed by atoms with Gasteiger partial charge in [-0.1, -0.05) is 5.92 Å². The number of nitrogens with zero attached hydrogens (tertiary/aromatic N) is 2. The Hall–Kier alpha value is -2.42. The van der Waals surface area contributed by atoms with E-state index in [2.05, 4.69) is 5.92 Å². The largest absolute Gasteiger partial charge is 0.330 e. The molecule has 0 aromatic heterocycles. The number of carbonyl (C=O) groups excluding carboxylic acids is 1. The maximum absolute atomic E-state index is 13.0. The highest BCUT2D eigenvalue weighted by molar-refractivity contribution is 5.98. The van der Waals surface area contributed by atoms with Crippen molar-refractivity contribution in [2.45, 2.75) is 0 Å². The van der Waals surface area contributed by atoms with Gasteiger partial charge in [0.25, 0.3) is 11.6 Å². The Bertz CT molecular complexity index is 508. The molecule has 1 rings (SSSR count). The predicted octanol–water partition coefficient (Wildman–Crippen LogP) is 1.44. The fraction of sp³-hybridized carbons (Fsp3) is 0.182. The van der Waals surface area contributed by atoms with Gasteiger partial charge in [-0.05, 0) is 12.1 Å². The highest BCUT2D eigenvalue weighted by Gasteiger charge is 2.23. The lowest BCUT2D eigenvalue weighted by Crippen LogP contribution is -2.27. The van der Waals surface area contributed by atoms with Crippen LogP contribution in [-0.4, -0.2) is 29.3 Å². The van der Waals surface area contributed by atoms with Crippen molar-refractivity contribution in [3.63, 3.8) is 0 Å². The average molecular weight is 236 g/mol. The van der Waals surface area contributed by atoms with Gasteiger partial charge in [0.15, 0.2) is 0 Å². The quantitative estimate of drug-likeness (QED) is 0.453. The molecule has 0 aliphatic rings. The summed E-state index contributed by atoms with van der Waals surface area (Å²) >= 11 is 0. The van der Waals surface area contributed by atoms with E-state index in [1.54, 1.807) is 0 Å². The van der Waals surface area contributed by atoms with Crippen LogP contribution in [0.3, 0.4) is 0 Å². The number of amides is 1. The van der Waals surface area contributed by atoms with Crippen molar-refractivity contribution in [3.05, 3.63) is 39.7 Å². The summed E-state index contributed by atoms with van der Waals surface area (Å²) in [5.74, 6) is 0.822. The molecule has 0 N–H and O–H groups in total. The number of halogens is 1. The van der Waals surface area contributed by atoms with Gasteiger partial charge < -0.3 is 4.90 Å². The van der Waals surface area contributed by atoms with E-state index in [4.69, 9.17) is 6.42 Å². The summed E-state index contributed by atoms with van der Waals surface area (Å²) in [5.41, 5.74) is -0.756. The molecule has 6 heteroatoms. The van der Waals surface area contributed by atoms with Crippen LogP contribution in [0.2, 0.25) is 0 Å². The number of nitro benzene ring substituents is 1. The fourth-order valence-corrected chi connectivity index (χ4v) is 1.25. The fourth-order valence-electron chi connectivity index (χ4n) is 1.25. The second kappa shape index (κ2) is 5.07. The van der Waals surface area contributed by atoms with Gasteiger partial charge in [-0.15, -0.1) is 6.42 Å². The molecule has 0 radical (unpaired) electrons. The molecule has 0 saturated heterocycles. The topological polar surface area (TPSA) is 63.5 Å². The van der Waals surface area contributed by atoms with Crippen LogP contribution >= 0.6 is 0 Å². The van der Waals surface area contributed by atoms with Gasteiger partial charge >= 0.3 is 0 Å². The number of nitro groups is 1. The zero-order chi connectivity index (χ0) is 13.0. The third-order valence-electron chi connectivity index (χ3n) is 2.06. The highest BCUT2D eigenvalue weighted by Crippen LogP contribution is 2.20. The van der Waals surface area contributed by atoms with Gasteiger partial charge in [-0.3, -0.25) is 14.9 Å². The van der Waals surface area contributed by atoms with Crippen molar-refractivity contribution in [2.24, 2.45) is 0 Å². The summed E-state index contributed by atoms with van der Waals surface area (Å²) in [4.78, 5) is 22.8. The maximum atomic E-state index is 13.0. The Kier molecular flexibility index (Phi) is 3.78. The molecule has 5 nitrogen and oxygen atoms in total. The predicted molar refractivity (Wildman–Crippen MR) is 58.8 cm³/mol. The van der Waals surface area contributed by atoms with Crippen molar-refractivity contribution in [3.8, 4) is 12.3 Å². The molecule has 17 heavy (non-hydrogen) atoms. The Morgan fingerprint density at radius 3 is 2.82 bits per heavy atom. The van der Waals surface area contributed by atoms with E-state index >= 15 is 0 Å². The number of hydrogen-bond acceptors (Lipinski definition) is 3. The lowest BCUT2D eigenvalue weighted by molar-refractivity contribution is -0.385. The Morgan fingerprint density at radius 2 is 2.29 bits per heavy atom. The van der Waals surface area contributed by atoms with E-state index in [-0.39, 0.29) is 12.1 Å². The molecule has 1 aromatic rings. The molecule has 88 valence electrons. The van der Waals surface area contributed by atoms with Crippen molar-refractivity contribution in [1.29, 1.82) is 0 Å². The molecular formula is C11H9FN2O3. The SMILES string of the molecule is C#CCN(C)C(=O)c1cc(F)ccc1[N+](=O)[O-]. The average Bonchev–Trinajstić information content (AvgIpc) is 2.27. The summed E-state index contributed by atoms with van der Waals surface area (Å²) in [7, 11) is 1.39. The number of carbonyl (C=O) groups is 1. The van der Waals surface area contributed by atoms with Crippen LogP contribution in [-0.2, 0) is 0 Å². The number of benzene rings is 1. The summed E-state index contributed by atoms with van der Waals surface area (Å²) < 4.78 is 13.0. The standard InChI is InChI=1S/C11H9FN2O3/c1-3-6-13(2)11(15)9-7-8(12)4-5-10(9)14(16)17/h1,4-5,7H,6H2,2H3. The van der Waals surface area contributed by atoms with Crippen LogP contribution in [0.15, 0.2) is 18.2 Å². The minimum absolute atomic E-state index is 0.00744. The molecule has 0 saturated carbocycles. The second-order valence-corrected chi connectivity index (χ2v) is 3.28. The van der Waals surface area contributed by atoms with E-state index in [1.165, 1.54) is 7.05 Å². The van der Waals surface area contributed by atoms with Crippen molar-refractivity contribution < 1.29 is 14.1 Å². The van der Waals surface area contributed by atoms with Crippen molar-refractivity contribution >= 4 is 11.6 Å². The molecule has 1 amide bonds. The lowest BCUT2D eigenvalue weighted by Gasteiger charge is -2.13. The van der Waals surface area contributed by atoms with Gasteiger partial charge in [0.2, 0.25) is 0 Å². The highest BCUT2D eigenvalue weighted by atomic mass is 19.1. The zero-order valence-corrected chi connectivity index (χ0v) is 9.01. The summed E-state index contributed by atoms with van der Waals surface area (Å²) in [6.07, 6.45) is 5.02. The Balaban J connectivity index is 3.20. The molecular weight excluding hydrogens is 227 g/mol. The van der Waals surface area contributed by atoms with Gasteiger partial charge in [0, 0.05) is 13.1 Å². The van der Waals surface area contributed by atoms with E-state index in [0.717, 1.165) is 23.1 Å². The summed E-state index contributed by atoms with van der Waals surface area (Å²) in [6.45, 7) is -0.00744. The zero-order valence-electron chi connectivity index (χ0n) is 9.01.